The predicted molar refractivity (Wildman–Crippen MR) is 90.1 cm³/mol. The zero-order valence-corrected chi connectivity index (χ0v) is 14.6. The van der Waals surface area contributed by atoms with Crippen LogP contribution < -0.4 is 10.6 Å². The molecule has 0 bridgehead atoms. The summed E-state index contributed by atoms with van der Waals surface area (Å²) in [6, 6.07) is 5.20. The standard InChI is InChI=1S/C15H19BrN4O3/c1-10-7-11(16)3-4-12(10)18-13(21)8-19(2)9-14(22)20-6-5-17-15(20)23/h3-4,7H,5-6,8-9H2,1-2H3,(H,17,23)(H,18,21). The summed E-state index contributed by atoms with van der Waals surface area (Å²) in [5.74, 6) is -0.522. The molecule has 2 rings (SSSR count). The Bertz CT molecular complexity index is 635. The van der Waals surface area contributed by atoms with Gasteiger partial charge in [-0.3, -0.25) is 19.4 Å². The number of nitrogens with zero attached hydrogens (tertiary/aromatic N) is 2. The van der Waals surface area contributed by atoms with Gasteiger partial charge in [0.25, 0.3) is 0 Å². The van der Waals surface area contributed by atoms with Crippen LogP contribution in [-0.4, -0.2) is 60.9 Å². The van der Waals surface area contributed by atoms with Crippen molar-refractivity contribution in [3.05, 3.63) is 28.2 Å². The van der Waals surface area contributed by atoms with Gasteiger partial charge in [0.2, 0.25) is 11.8 Å². The molecule has 124 valence electrons. The normalized spacial score (nSPS) is 14.1. The Balaban J connectivity index is 1.84. The van der Waals surface area contributed by atoms with Gasteiger partial charge >= 0.3 is 6.03 Å². The van der Waals surface area contributed by atoms with Crippen LogP contribution >= 0.6 is 15.9 Å². The fraction of sp³-hybridized carbons (Fsp3) is 0.400. The lowest BCUT2D eigenvalue weighted by molar-refractivity contribution is -0.128. The molecule has 8 heteroatoms. The van der Waals surface area contributed by atoms with Gasteiger partial charge in [0.15, 0.2) is 0 Å². The summed E-state index contributed by atoms with van der Waals surface area (Å²) >= 11 is 3.37. The van der Waals surface area contributed by atoms with Crippen LogP contribution in [0.4, 0.5) is 10.5 Å². The van der Waals surface area contributed by atoms with Crippen molar-refractivity contribution in [1.82, 2.24) is 15.1 Å². The molecule has 23 heavy (non-hydrogen) atoms. The summed E-state index contributed by atoms with van der Waals surface area (Å²) in [5.41, 5.74) is 1.68. The largest absolute Gasteiger partial charge is 0.336 e. The Labute approximate surface area is 143 Å². The lowest BCUT2D eigenvalue weighted by Gasteiger charge is -2.19. The van der Waals surface area contributed by atoms with E-state index in [1.807, 2.05) is 25.1 Å². The highest BCUT2D eigenvalue weighted by Gasteiger charge is 2.26. The molecule has 0 aromatic heterocycles. The number of carbonyl (C=O) groups is 3. The molecule has 4 amide bonds. The van der Waals surface area contributed by atoms with Crippen LogP contribution in [0.25, 0.3) is 0 Å². The van der Waals surface area contributed by atoms with Crippen LogP contribution in [0.5, 0.6) is 0 Å². The summed E-state index contributed by atoms with van der Waals surface area (Å²) < 4.78 is 0.944. The van der Waals surface area contributed by atoms with E-state index in [2.05, 4.69) is 26.6 Å². The Morgan fingerprint density at radius 2 is 2.13 bits per heavy atom. The Kier molecular flexibility index (Phi) is 5.73. The molecular formula is C15H19BrN4O3. The minimum Gasteiger partial charge on any atom is -0.336 e. The molecule has 0 aliphatic carbocycles. The molecule has 0 atom stereocenters. The molecule has 1 heterocycles. The maximum Gasteiger partial charge on any atom is 0.324 e. The quantitative estimate of drug-likeness (QED) is 0.800. The third kappa shape index (κ3) is 4.77. The second-order valence-electron chi connectivity index (χ2n) is 5.46. The van der Waals surface area contributed by atoms with Crippen LogP contribution in [0.2, 0.25) is 0 Å². The summed E-state index contributed by atoms with van der Waals surface area (Å²) in [6.45, 7) is 2.82. The number of hydrogen-bond acceptors (Lipinski definition) is 4. The van der Waals surface area contributed by atoms with Crippen molar-refractivity contribution in [3.63, 3.8) is 0 Å². The Morgan fingerprint density at radius 1 is 1.39 bits per heavy atom. The smallest absolute Gasteiger partial charge is 0.324 e. The maximum atomic E-state index is 12.1. The van der Waals surface area contributed by atoms with Gasteiger partial charge in [-0.25, -0.2) is 4.79 Å². The number of likely N-dealkylation sites (N-methyl/N-ethyl adjacent to an activating group) is 1. The number of anilines is 1. The highest BCUT2D eigenvalue weighted by molar-refractivity contribution is 9.10. The lowest BCUT2D eigenvalue weighted by Crippen LogP contribution is -2.42. The number of halogens is 1. The SMILES string of the molecule is Cc1cc(Br)ccc1NC(=O)CN(C)CC(=O)N1CCNC1=O. The van der Waals surface area contributed by atoms with Crippen LogP contribution in [0.3, 0.4) is 0 Å². The van der Waals surface area contributed by atoms with Crippen LogP contribution in [0.1, 0.15) is 5.56 Å². The molecule has 1 aromatic carbocycles. The first-order valence-corrected chi connectivity index (χ1v) is 7.99. The van der Waals surface area contributed by atoms with E-state index in [0.717, 1.165) is 20.6 Å². The minimum absolute atomic E-state index is 0.0140. The van der Waals surface area contributed by atoms with Crippen molar-refractivity contribution in [2.75, 3.05) is 38.5 Å². The second-order valence-corrected chi connectivity index (χ2v) is 6.37. The molecule has 1 aliphatic heterocycles. The van der Waals surface area contributed by atoms with E-state index in [9.17, 15) is 14.4 Å². The topological polar surface area (TPSA) is 81.8 Å². The number of benzene rings is 1. The van der Waals surface area contributed by atoms with E-state index < -0.39 is 0 Å². The van der Waals surface area contributed by atoms with E-state index in [0.29, 0.717) is 13.1 Å². The minimum atomic E-state index is -0.377. The van der Waals surface area contributed by atoms with E-state index in [1.54, 1.807) is 11.9 Å². The van der Waals surface area contributed by atoms with Crippen molar-refractivity contribution < 1.29 is 14.4 Å². The zero-order valence-electron chi connectivity index (χ0n) is 13.1. The summed E-state index contributed by atoms with van der Waals surface area (Å²) in [7, 11) is 1.67. The highest BCUT2D eigenvalue weighted by atomic mass is 79.9. The molecule has 0 radical (unpaired) electrons. The van der Waals surface area contributed by atoms with Gasteiger partial charge in [-0.05, 0) is 37.7 Å². The summed E-state index contributed by atoms with van der Waals surface area (Å²) in [6.07, 6.45) is 0. The number of urea groups is 1. The first-order chi connectivity index (χ1) is 10.9. The first kappa shape index (κ1) is 17.4. The van der Waals surface area contributed by atoms with Crippen molar-refractivity contribution in [3.8, 4) is 0 Å². The molecule has 0 unspecified atom stereocenters. The van der Waals surface area contributed by atoms with E-state index in [1.165, 1.54) is 0 Å². The molecule has 2 N–H and O–H groups in total. The predicted octanol–water partition coefficient (Wildman–Crippen LogP) is 1.18. The van der Waals surface area contributed by atoms with Crippen molar-refractivity contribution in [2.24, 2.45) is 0 Å². The number of aryl methyl sites for hydroxylation is 1. The van der Waals surface area contributed by atoms with Gasteiger partial charge in [0, 0.05) is 23.2 Å². The second kappa shape index (κ2) is 7.56. The summed E-state index contributed by atoms with van der Waals surface area (Å²) in [5, 5.41) is 5.39. The van der Waals surface area contributed by atoms with E-state index in [-0.39, 0.29) is 30.9 Å². The molecular weight excluding hydrogens is 364 g/mol. The first-order valence-electron chi connectivity index (χ1n) is 7.19. The monoisotopic (exact) mass is 382 g/mol. The third-order valence-electron chi connectivity index (χ3n) is 3.44. The lowest BCUT2D eigenvalue weighted by atomic mass is 10.2. The third-order valence-corrected chi connectivity index (χ3v) is 3.93. The molecule has 0 spiro atoms. The van der Waals surface area contributed by atoms with Gasteiger partial charge in [-0.15, -0.1) is 0 Å². The van der Waals surface area contributed by atoms with Crippen molar-refractivity contribution in [2.45, 2.75) is 6.92 Å². The average molecular weight is 383 g/mol. The number of nitrogens with one attached hydrogen (secondary N) is 2. The van der Waals surface area contributed by atoms with E-state index in [4.69, 9.17) is 0 Å². The average Bonchev–Trinajstić information content (AvgIpc) is 2.88. The van der Waals surface area contributed by atoms with Crippen molar-refractivity contribution in [1.29, 1.82) is 0 Å². The van der Waals surface area contributed by atoms with Gasteiger partial charge in [-0.2, -0.15) is 0 Å². The maximum absolute atomic E-state index is 12.1. The van der Waals surface area contributed by atoms with Gasteiger partial charge in [0.05, 0.1) is 13.1 Å². The number of hydrogen-bond donors (Lipinski definition) is 2. The Morgan fingerprint density at radius 3 is 2.74 bits per heavy atom. The van der Waals surface area contributed by atoms with Crippen LogP contribution in [-0.2, 0) is 9.59 Å². The van der Waals surface area contributed by atoms with Gasteiger partial charge in [-0.1, -0.05) is 15.9 Å². The number of carbonyl (C=O) groups excluding carboxylic acids is 3. The van der Waals surface area contributed by atoms with E-state index >= 15 is 0 Å². The fourth-order valence-corrected chi connectivity index (χ4v) is 2.76. The Hall–Kier alpha value is -1.93. The van der Waals surface area contributed by atoms with Crippen LogP contribution in [0.15, 0.2) is 22.7 Å². The van der Waals surface area contributed by atoms with Crippen LogP contribution in [0, 0.1) is 6.92 Å². The molecule has 7 nitrogen and oxygen atoms in total. The van der Waals surface area contributed by atoms with Gasteiger partial charge < -0.3 is 10.6 Å². The molecule has 1 saturated heterocycles. The summed E-state index contributed by atoms with van der Waals surface area (Å²) in [4.78, 5) is 38.2. The number of imide groups is 1. The zero-order chi connectivity index (χ0) is 17.0. The molecule has 0 saturated carbocycles. The van der Waals surface area contributed by atoms with Gasteiger partial charge in [0.1, 0.15) is 0 Å². The fourth-order valence-electron chi connectivity index (χ4n) is 2.28. The molecule has 1 aromatic rings. The number of rotatable bonds is 5. The molecule has 1 aliphatic rings. The highest BCUT2D eigenvalue weighted by Crippen LogP contribution is 2.19. The van der Waals surface area contributed by atoms with Crippen molar-refractivity contribution >= 4 is 39.5 Å². The number of amides is 4. The molecule has 1 fully saturated rings.